The third-order valence-corrected chi connectivity index (χ3v) is 4.11. The number of nitrogens with one attached hydrogen (secondary N) is 1. The van der Waals surface area contributed by atoms with Gasteiger partial charge >= 0.3 is 11.9 Å². The topological polar surface area (TPSA) is 138 Å². The first-order valence-corrected chi connectivity index (χ1v) is 9.96. The average Bonchev–Trinajstić information content (AvgIpc) is 2.78. The third kappa shape index (κ3) is 11.7. The molecule has 9 heteroatoms. The minimum atomic E-state index is -1.82. The Hall–Kier alpha value is -3.01. The molecule has 0 spiro atoms. The number of aliphatic carboxylic acids is 2. The largest absolute Gasteiger partial charge is 0.491 e. The van der Waals surface area contributed by atoms with Crippen LogP contribution in [0.25, 0.3) is 0 Å². The first-order chi connectivity index (χ1) is 15.0. The molecule has 0 bridgehead atoms. The molecule has 0 saturated heterocycles. The molecule has 1 aromatic carbocycles. The fourth-order valence-electron chi connectivity index (χ4n) is 2.50. The maximum atomic E-state index is 9.53. The zero-order valence-electron chi connectivity index (χ0n) is 17.6. The van der Waals surface area contributed by atoms with Crippen molar-refractivity contribution in [2.45, 2.75) is 19.3 Å². The Morgan fingerprint density at radius 3 is 2.32 bits per heavy atom. The molecule has 31 heavy (non-hydrogen) atoms. The lowest BCUT2D eigenvalue weighted by Crippen LogP contribution is -2.26. The maximum absolute atomic E-state index is 9.53. The molecule has 1 heterocycles. The highest BCUT2D eigenvalue weighted by atomic mass is 16.5. The van der Waals surface area contributed by atoms with Crippen LogP contribution < -0.4 is 10.1 Å². The molecule has 1 unspecified atom stereocenters. The molecule has 170 valence electrons. The number of hydrogen-bond donors (Lipinski definition) is 4. The van der Waals surface area contributed by atoms with Gasteiger partial charge in [-0.2, -0.15) is 0 Å². The van der Waals surface area contributed by atoms with Gasteiger partial charge in [0.05, 0.1) is 13.2 Å². The Kier molecular flexibility index (Phi) is 13.2. The average molecular weight is 434 g/mol. The van der Waals surface area contributed by atoms with Crippen molar-refractivity contribution in [2.24, 2.45) is 0 Å². The highest BCUT2D eigenvalue weighted by molar-refractivity contribution is 6.27. The Bertz CT molecular complexity index is 742. The second kappa shape index (κ2) is 15.8. The minimum Gasteiger partial charge on any atom is -0.491 e. The first kappa shape index (κ1) is 26.0. The standard InChI is InChI=1S/C20H28N2O3.C2H2O4/c1-2-24-13-14-25-19-8-6-17(7-9-19)10-12-21-15-18(16-23)20-5-3-4-11-22-20;3-1(4)2(5)6/h3-9,11,18,21,23H,2,10,12-16H2,1H3;(H,3,4)(H,5,6). The molecule has 0 saturated carbocycles. The first-order valence-electron chi connectivity index (χ1n) is 9.96. The van der Waals surface area contributed by atoms with Crippen LogP contribution in [0.5, 0.6) is 5.75 Å². The van der Waals surface area contributed by atoms with E-state index in [4.69, 9.17) is 29.3 Å². The molecular formula is C22H30N2O7. The van der Waals surface area contributed by atoms with E-state index in [0.717, 1.165) is 24.4 Å². The van der Waals surface area contributed by atoms with Gasteiger partial charge in [0, 0.05) is 31.0 Å². The maximum Gasteiger partial charge on any atom is 0.414 e. The van der Waals surface area contributed by atoms with Crippen molar-refractivity contribution >= 4 is 11.9 Å². The van der Waals surface area contributed by atoms with E-state index in [1.165, 1.54) is 5.56 Å². The van der Waals surface area contributed by atoms with Crippen molar-refractivity contribution in [3.8, 4) is 5.75 Å². The van der Waals surface area contributed by atoms with Gasteiger partial charge < -0.3 is 30.1 Å². The number of aliphatic hydroxyl groups is 1. The fourth-order valence-corrected chi connectivity index (χ4v) is 2.50. The number of rotatable bonds is 12. The molecule has 9 nitrogen and oxygen atoms in total. The van der Waals surface area contributed by atoms with Gasteiger partial charge in [-0.3, -0.25) is 4.98 Å². The molecular weight excluding hydrogens is 404 g/mol. The van der Waals surface area contributed by atoms with Gasteiger partial charge in [-0.25, -0.2) is 9.59 Å². The van der Waals surface area contributed by atoms with Crippen LogP contribution in [0.3, 0.4) is 0 Å². The minimum absolute atomic E-state index is 0.0299. The summed E-state index contributed by atoms with van der Waals surface area (Å²) in [7, 11) is 0. The van der Waals surface area contributed by atoms with Crippen LogP contribution >= 0.6 is 0 Å². The third-order valence-electron chi connectivity index (χ3n) is 4.11. The van der Waals surface area contributed by atoms with Crippen molar-refractivity contribution in [2.75, 3.05) is 39.5 Å². The normalized spacial score (nSPS) is 11.2. The van der Waals surface area contributed by atoms with Gasteiger partial charge in [-0.15, -0.1) is 0 Å². The second-order valence-electron chi connectivity index (χ2n) is 6.39. The highest BCUT2D eigenvalue weighted by Gasteiger charge is 2.10. The molecule has 0 amide bonds. The molecule has 0 aliphatic carbocycles. The van der Waals surface area contributed by atoms with Crippen molar-refractivity contribution in [3.05, 3.63) is 59.9 Å². The zero-order chi connectivity index (χ0) is 22.9. The van der Waals surface area contributed by atoms with Crippen LogP contribution in [-0.4, -0.2) is 71.8 Å². The number of carboxylic acid groups (broad SMARTS) is 2. The van der Waals surface area contributed by atoms with E-state index in [1.54, 1.807) is 6.20 Å². The molecule has 1 aromatic heterocycles. The number of pyridine rings is 1. The summed E-state index contributed by atoms with van der Waals surface area (Å²) in [5.74, 6) is -2.75. The molecule has 2 aromatic rings. The Balaban J connectivity index is 0.000000703. The van der Waals surface area contributed by atoms with Crippen LogP contribution in [0.15, 0.2) is 48.7 Å². The number of hydrogen-bond acceptors (Lipinski definition) is 7. The number of benzene rings is 1. The molecule has 0 radical (unpaired) electrons. The van der Waals surface area contributed by atoms with Gasteiger partial charge in [-0.1, -0.05) is 18.2 Å². The number of nitrogens with zero attached hydrogens (tertiary/aromatic N) is 1. The van der Waals surface area contributed by atoms with E-state index in [9.17, 15) is 5.11 Å². The fraction of sp³-hybridized carbons (Fsp3) is 0.409. The second-order valence-corrected chi connectivity index (χ2v) is 6.39. The zero-order valence-corrected chi connectivity index (χ0v) is 17.6. The summed E-state index contributed by atoms with van der Waals surface area (Å²) in [5, 5.41) is 27.7. The van der Waals surface area contributed by atoms with Crippen LogP contribution in [0.4, 0.5) is 0 Å². The number of aromatic nitrogens is 1. The molecule has 0 aliphatic heterocycles. The van der Waals surface area contributed by atoms with Crippen molar-refractivity contribution in [1.82, 2.24) is 10.3 Å². The predicted molar refractivity (Wildman–Crippen MR) is 114 cm³/mol. The van der Waals surface area contributed by atoms with Crippen molar-refractivity contribution in [3.63, 3.8) is 0 Å². The van der Waals surface area contributed by atoms with E-state index in [-0.39, 0.29) is 12.5 Å². The Morgan fingerprint density at radius 2 is 1.77 bits per heavy atom. The van der Waals surface area contributed by atoms with E-state index in [0.29, 0.717) is 26.4 Å². The van der Waals surface area contributed by atoms with E-state index < -0.39 is 11.9 Å². The summed E-state index contributed by atoms with van der Waals surface area (Å²) in [6, 6.07) is 13.9. The van der Waals surface area contributed by atoms with Gasteiger partial charge in [0.25, 0.3) is 0 Å². The van der Waals surface area contributed by atoms with Gasteiger partial charge in [0.2, 0.25) is 0 Å². The molecule has 0 fully saturated rings. The summed E-state index contributed by atoms with van der Waals surface area (Å²) >= 11 is 0. The quantitative estimate of drug-likeness (QED) is 0.289. The van der Waals surface area contributed by atoms with E-state index in [2.05, 4.69) is 22.4 Å². The molecule has 4 N–H and O–H groups in total. The lowest BCUT2D eigenvalue weighted by atomic mass is 10.1. The summed E-state index contributed by atoms with van der Waals surface area (Å²) in [5.41, 5.74) is 2.18. The van der Waals surface area contributed by atoms with Crippen LogP contribution in [-0.2, 0) is 20.7 Å². The number of carboxylic acids is 2. The van der Waals surface area contributed by atoms with Crippen LogP contribution in [0.1, 0.15) is 24.1 Å². The summed E-state index contributed by atoms with van der Waals surface area (Å²) in [6.45, 7) is 5.54. The van der Waals surface area contributed by atoms with Crippen molar-refractivity contribution < 1.29 is 34.4 Å². The number of aliphatic hydroxyl groups excluding tert-OH is 1. The molecule has 1 atom stereocenters. The smallest absolute Gasteiger partial charge is 0.414 e. The summed E-state index contributed by atoms with van der Waals surface area (Å²) in [6.07, 6.45) is 2.69. The van der Waals surface area contributed by atoms with Gasteiger partial charge in [-0.05, 0) is 49.7 Å². The summed E-state index contributed by atoms with van der Waals surface area (Å²) in [4.78, 5) is 22.5. The Morgan fingerprint density at radius 1 is 1.06 bits per heavy atom. The SMILES string of the molecule is CCOCCOc1ccc(CCNCC(CO)c2ccccn2)cc1.O=C(O)C(=O)O. The lowest BCUT2D eigenvalue weighted by Gasteiger charge is -2.14. The number of carbonyl (C=O) groups is 2. The Labute approximate surface area is 181 Å². The number of ether oxygens (including phenoxy) is 2. The molecule has 0 aliphatic rings. The highest BCUT2D eigenvalue weighted by Crippen LogP contribution is 2.13. The van der Waals surface area contributed by atoms with Crippen LogP contribution in [0, 0.1) is 0 Å². The lowest BCUT2D eigenvalue weighted by molar-refractivity contribution is -0.159. The predicted octanol–water partition coefficient (Wildman–Crippen LogP) is 1.56. The van der Waals surface area contributed by atoms with Crippen LogP contribution in [0.2, 0.25) is 0 Å². The van der Waals surface area contributed by atoms with Crippen molar-refractivity contribution in [1.29, 1.82) is 0 Å². The van der Waals surface area contributed by atoms with Gasteiger partial charge in [0.15, 0.2) is 0 Å². The summed E-state index contributed by atoms with van der Waals surface area (Å²) < 4.78 is 10.9. The van der Waals surface area contributed by atoms with E-state index >= 15 is 0 Å². The monoisotopic (exact) mass is 434 g/mol. The van der Waals surface area contributed by atoms with Gasteiger partial charge in [0.1, 0.15) is 12.4 Å². The molecule has 2 rings (SSSR count). The van der Waals surface area contributed by atoms with E-state index in [1.807, 2.05) is 37.3 Å².